The number of halogens is 1. The zero-order valence-electron chi connectivity index (χ0n) is 10.7. The Morgan fingerprint density at radius 2 is 2.15 bits per heavy atom. The summed E-state index contributed by atoms with van der Waals surface area (Å²) in [6.45, 7) is 0.698. The van der Waals surface area contributed by atoms with Gasteiger partial charge in [-0.2, -0.15) is 8.75 Å². The van der Waals surface area contributed by atoms with Crippen molar-refractivity contribution in [3.63, 3.8) is 0 Å². The maximum atomic E-state index is 6.26. The lowest BCUT2D eigenvalue weighted by atomic mass is 10.2. The number of aromatic nitrogens is 5. The highest BCUT2D eigenvalue weighted by Gasteiger charge is 2.13. The van der Waals surface area contributed by atoms with E-state index in [0.29, 0.717) is 11.6 Å². The summed E-state index contributed by atoms with van der Waals surface area (Å²) >= 11 is 7.42. The van der Waals surface area contributed by atoms with Crippen molar-refractivity contribution in [2.45, 2.75) is 19.3 Å². The number of unbranched alkanes of at least 4 members (excludes halogenated alkanes) is 1. The van der Waals surface area contributed by atoms with Crippen LogP contribution in [-0.4, -0.2) is 30.3 Å². The first-order valence-electron chi connectivity index (χ1n) is 6.32. The van der Waals surface area contributed by atoms with Gasteiger partial charge in [0.25, 0.3) is 0 Å². The van der Waals surface area contributed by atoms with E-state index in [2.05, 4.69) is 19.1 Å². The van der Waals surface area contributed by atoms with Gasteiger partial charge in [0.05, 0.1) is 28.6 Å². The molecule has 2 N–H and O–H groups in total. The molecule has 0 unspecified atom stereocenters. The Morgan fingerprint density at radius 1 is 1.25 bits per heavy atom. The largest absolute Gasteiger partial charge is 0.330 e. The molecule has 0 radical (unpaired) electrons. The minimum Gasteiger partial charge on any atom is -0.330 e. The molecule has 0 saturated heterocycles. The molecule has 1 aromatic carbocycles. The number of fused-ring (bicyclic) bond motifs is 1. The zero-order valence-corrected chi connectivity index (χ0v) is 12.2. The SMILES string of the molecule is NCCCCc1cn(-c2c(Cl)ccc3nsnc23)nn1. The summed E-state index contributed by atoms with van der Waals surface area (Å²) in [6, 6.07) is 3.65. The first kappa shape index (κ1) is 13.4. The fraction of sp³-hybridized carbons (Fsp3) is 0.333. The van der Waals surface area contributed by atoms with E-state index in [1.807, 2.05) is 12.3 Å². The monoisotopic (exact) mass is 308 g/mol. The summed E-state index contributed by atoms with van der Waals surface area (Å²) in [6.07, 6.45) is 4.74. The number of rotatable bonds is 5. The molecule has 0 aliphatic rings. The van der Waals surface area contributed by atoms with Crippen molar-refractivity contribution in [3.8, 4) is 5.69 Å². The van der Waals surface area contributed by atoms with Crippen LogP contribution in [-0.2, 0) is 6.42 Å². The average molecular weight is 309 g/mol. The van der Waals surface area contributed by atoms with Gasteiger partial charge in [-0.25, -0.2) is 4.68 Å². The Balaban J connectivity index is 1.95. The van der Waals surface area contributed by atoms with Crippen LogP contribution in [0.3, 0.4) is 0 Å². The smallest absolute Gasteiger partial charge is 0.132 e. The summed E-state index contributed by atoms with van der Waals surface area (Å²) in [7, 11) is 0. The van der Waals surface area contributed by atoms with Crippen molar-refractivity contribution >= 4 is 34.4 Å². The molecule has 3 aromatic rings. The zero-order chi connectivity index (χ0) is 13.9. The van der Waals surface area contributed by atoms with E-state index in [4.69, 9.17) is 17.3 Å². The highest BCUT2D eigenvalue weighted by Crippen LogP contribution is 2.27. The van der Waals surface area contributed by atoms with Gasteiger partial charge in [-0.15, -0.1) is 5.10 Å². The van der Waals surface area contributed by atoms with Crippen molar-refractivity contribution in [1.82, 2.24) is 23.7 Å². The van der Waals surface area contributed by atoms with Crippen LogP contribution in [0.4, 0.5) is 0 Å². The van der Waals surface area contributed by atoms with Gasteiger partial charge in [-0.05, 0) is 37.9 Å². The van der Waals surface area contributed by atoms with Gasteiger partial charge in [0, 0.05) is 0 Å². The number of aryl methyl sites for hydroxylation is 1. The summed E-state index contributed by atoms with van der Waals surface area (Å²) in [5.74, 6) is 0. The molecule has 0 fully saturated rings. The molecule has 8 heteroatoms. The lowest BCUT2D eigenvalue weighted by molar-refractivity contribution is 0.727. The highest BCUT2D eigenvalue weighted by molar-refractivity contribution is 7.00. The van der Waals surface area contributed by atoms with E-state index in [1.54, 1.807) is 10.7 Å². The van der Waals surface area contributed by atoms with E-state index < -0.39 is 0 Å². The van der Waals surface area contributed by atoms with Crippen LogP contribution >= 0.6 is 23.3 Å². The standard InChI is InChI=1S/C12H13ClN6S/c13-9-4-5-10-11(17-20-16-10)12(9)19-7-8(15-18-19)3-1-2-6-14/h4-5,7H,1-3,6,14H2. The van der Waals surface area contributed by atoms with Crippen LogP contribution < -0.4 is 5.73 Å². The van der Waals surface area contributed by atoms with Crippen LogP contribution in [0.5, 0.6) is 0 Å². The van der Waals surface area contributed by atoms with Crippen LogP contribution in [0.25, 0.3) is 16.7 Å². The van der Waals surface area contributed by atoms with Crippen LogP contribution in [0.1, 0.15) is 18.5 Å². The number of hydrogen-bond acceptors (Lipinski definition) is 6. The molecule has 20 heavy (non-hydrogen) atoms. The van der Waals surface area contributed by atoms with Crippen molar-refractivity contribution in [1.29, 1.82) is 0 Å². The molecule has 0 spiro atoms. The summed E-state index contributed by atoms with van der Waals surface area (Å²) in [5, 5.41) is 8.90. The fourth-order valence-electron chi connectivity index (χ4n) is 2.00. The highest BCUT2D eigenvalue weighted by atomic mass is 35.5. The number of hydrogen-bond donors (Lipinski definition) is 1. The van der Waals surface area contributed by atoms with Crippen LogP contribution in [0.2, 0.25) is 5.02 Å². The predicted molar refractivity (Wildman–Crippen MR) is 79.3 cm³/mol. The van der Waals surface area contributed by atoms with E-state index in [-0.39, 0.29) is 0 Å². The summed E-state index contributed by atoms with van der Waals surface area (Å²) < 4.78 is 10.2. The van der Waals surface area contributed by atoms with E-state index in [9.17, 15) is 0 Å². The van der Waals surface area contributed by atoms with Gasteiger partial charge < -0.3 is 5.73 Å². The van der Waals surface area contributed by atoms with E-state index in [0.717, 1.165) is 53.4 Å². The molecule has 2 aromatic heterocycles. The second kappa shape index (κ2) is 5.82. The lowest BCUT2D eigenvalue weighted by Gasteiger charge is -2.03. The molecular formula is C12H13ClN6S. The minimum absolute atomic E-state index is 0.587. The van der Waals surface area contributed by atoms with Crippen molar-refractivity contribution < 1.29 is 0 Å². The molecule has 3 rings (SSSR count). The van der Waals surface area contributed by atoms with Crippen LogP contribution in [0, 0.1) is 0 Å². The van der Waals surface area contributed by atoms with E-state index in [1.165, 1.54) is 0 Å². The molecule has 6 nitrogen and oxygen atoms in total. The first-order valence-corrected chi connectivity index (χ1v) is 7.43. The topological polar surface area (TPSA) is 82.5 Å². The lowest BCUT2D eigenvalue weighted by Crippen LogP contribution is -1.99. The third-order valence-electron chi connectivity index (χ3n) is 3.01. The molecule has 2 heterocycles. The average Bonchev–Trinajstić information content (AvgIpc) is 3.08. The Hall–Kier alpha value is -1.57. The van der Waals surface area contributed by atoms with Gasteiger partial charge >= 0.3 is 0 Å². The molecule has 104 valence electrons. The first-order chi connectivity index (χ1) is 9.79. The second-order valence-corrected chi connectivity index (χ2v) is 5.36. The number of benzene rings is 1. The number of nitrogens with zero attached hydrogens (tertiary/aromatic N) is 5. The Labute approximate surface area is 124 Å². The molecule has 0 atom stereocenters. The normalized spacial score (nSPS) is 11.3. The fourth-order valence-corrected chi connectivity index (χ4v) is 2.78. The molecule has 0 aliphatic heterocycles. The van der Waals surface area contributed by atoms with Gasteiger partial charge in [-0.1, -0.05) is 16.8 Å². The maximum Gasteiger partial charge on any atom is 0.132 e. The van der Waals surface area contributed by atoms with Gasteiger partial charge in [0.15, 0.2) is 0 Å². The Kier molecular flexibility index (Phi) is 3.90. The molecule has 0 aliphatic carbocycles. The van der Waals surface area contributed by atoms with Crippen molar-refractivity contribution in [2.75, 3.05) is 6.54 Å². The Morgan fingerprint density at radius 3 is 3.00 bits per heavy atom. The summed E-state index contributed by atoms with van der Waals surface area (Å²) in [4.78, 5) is 0. The van der Waals surface area contributed by atoms with Gasteiger partial charge in [-0.3, -0.25) is 0 Å². The second-order valence-electron chi connectivity index (χ2n) is 4.43. The third kappa shape index (κ3) is 2.52. The van der Waals surface area contributed by atoms with Crippen molar-refractivity contribution in [3.05, 3.63) is 29.0 Å². The molecular weight excluding hydrogens is 296 g/mol. The van der Waals surface area contributed by atoms with Gasteiger partial charge in [0.1, 0.15) is 16.7 Å². The van der Waals surface area contributed by atoms with E-state index >= 15 is 0 Å². The predicted octanol–water partition coefficient (Wildman–Crippen LogP) is 2.21. The van der Waals surface area contributed by atoms with Gasteiger partial charge in [0.2, 0.25) is 0 Å². The summed E-state index contributed by atoms with van der Waals surface area (Å²) in [5.41, 5.74) is 8.71. The number of nitrogens with two attached hydrogens (primary N) is 1. The maximum absolute atomic E-state index is 6.26. The Bertz CT molecular complexity index is 722. The van der Waals surface area contributed by atoms with Crippen molar-refractivity contribution in [2.24, 2.45) is 5.73 Å². The molecule has 0 amide bonds. The molecule has 0 bridgehead atoms. The molecule has 0 saturated carbocycles. The van der Waals surface area contributed by atoms with Crippen LogP contribution in [0.15, 0.2) is 18.3 Å². The third-order valence-corrected chi connectivity index (χ3v) is 3.86. The minimum atomic E-state index is 0.587. The quantitative estimate of drug-likeness (QED) is 0.731.